The first-order valence-corrected chi connectivity index (χ1v) is 12.3. The molecule has 1 fully saturated rings. The number of hydrogen-bond donors (Lipinski definition) is 1. The molecular formula is C24H30N2O4S. The number of nitrogens with zero attached hydrogens (tertiary/aromatic N) is 1. The molecule has 0 unspecified atom stereocenters. The fourth-order valence-corrected chi connectivity index (χ4v) is 5.29. The maximum Gasteiger partial charge on any atom is 0.228 e. The van der Waals surface area contributed by atoms with Gasteiger partial charge < -0.3 is 10.1 Å². The first-order chi connectivity index (χ1) is 15.0. The van der Waals surface area contributed by atoms with Gasteiger partial charge in [-0.25, -0.2) is 12.7 Å². The smallest absolute Gasteiger partial charge is 0.228 e. The van der Waals surface area contributed by atoms with Gasteiger partial charge in [-0.1, -0.05) is 49.1 Å². The Hall–Kier alpha value is -2.64. The van der Waals surface area contributed by atoms with E-state index in [0.29, 0.717) is 43.9 Å². The van der Waals surface area contributed by atoms with Crippen LogP contribution in [0.2, 0.25) is 0 Å². The van der Waals surface area contributed by atoms with E-state index in [4.69, 9.17) is 4.74 Å². The number of nitrogens with one attached hydrogen (secondary N) is 1. The lowest BCUT2D eigenvalue weighted by atomic mass is 9.98. The van der Waals surface area contributed by atoms with Crippen LogP contribution in [-0.4, -0.2) is 44.1 Å². The molecule has 3 rings (SSSR count). The SMILES string of the molecule is C=CCOc1cccc(NC(=O)[C@@H]2CCCN(S(=O)(=O)CCCc3ccccc3)C2)c1. The first kappa shape index (κ1) is 23.0. The first-order valence-electron chi connectivity index (χ1n) is 10.6. The summed E-state index contributed by atoms with van der Waals surface area (Å²) in [7, 11) is -3.39. The summed E-state index contributed by atoms with van der Waals surface area (Å²) in [6.07, 6.45) is 4.30. The van der Waals surface area contributed by atoms with E-state index in [0.717, 1.165) is 12.0 Å². The topological polar surface area (TPSA) is 75.7 Å². The largest absolute Gasteiger partial charge is 0.489 e. The number of ether oxygens (including phenoxy) is 1. The predicted molar refractivity (Wildman–Crippen MR) is 124 cm³/mol. The lowest BCUT2D eigenvalue weighted by Crippen LogP contribution is -2.44. The van der Waals surface area contributed by atoms with Crippen molar-refractivity contribution in [3.05, 3.63) is 72.8 Å². The van der Waals surface area contributed by atoms with Crippen LogP contribution in [0.25, 0.3) is 0 Å². The zero-order valence-corrected chi connectivity index (χ0v) is 18.5. The Bertz CT molecular complexity index is 976. The Morgan fingerprint density at radius 1 is 1.19 bits per heavy atom. The number of carbonyl (C=O) groups excluding carboxylic acids is 1. The van der Waals surface area contributed by atoms with E-state index < -0.39 is 10.0 Å². The van der Waals surface area contributed by atoms with Crippen molar-refractivity contribution < 1.29 is 17.9 Å². The molecular weight excluding hydrogens is 412 g/mol. The summed E-state index contributed by atoms with van der Waals surface area (Å²) < 4.78 is 32.6. The van der Waals surface area contributed by atoms with Crippen molar-refractivity contribution in [3.63, 3.8) is 0 Å². The summed E-state index contributed by atoms with van der Waals surface area (Å²) in [4.78, 5) is 12.8. The Morgan fingerprint density at radius 2 is 2.00 bits per heavy atom. The number of anilines is 1. The molecule has 31 heavy (non-hydrogen) atoms. The van der Waals surface area contributed by atoms with Crippen LogP contribution in [0.4, 0.5) is 5.69 Å². The third kappa shape index (κ3) is 6.94. The molecule has 1 aliphatic heterocycles. The molecule has 1 saturated heterocycles. The average molecular weight is 443 g/mol. The molecule has 0 aromatic heterocycles. The van der Waals surface area contributed by atoms with Crippen molar-refractivity contribution in [2.45, 2.75) is 25.7 Å². The summed E-state index contributed by atoms with van der Waals surface area (Å²) in [5.74, 6) is 0.211. The van der Waals surface area contributed by atoms with Gasteiger partial charge in [0.2, 0.25) is 15.9 Å². The van der Waals surface area contributed by atoms with Crippen molar-refractivity contribution in [3.8, 4) is 5.75 Å². The predicted octanol–water partition coefficient (Wildman–Crippen LogP) is 3.86. The maximum atomic E-state index is 12.8. The van der Waals surface area contributed by atoms with Gasteiger partial charge >= 0.3 is 0 Å². The minimum Gasteiger partial charge on any atom is -0.489 e. The van der Waals surface area contributed by atoms with Crippen LogP contribution < -0.4 is 10.1 Å². The summed E-state index contributed by atoms with van der Waals surface area (Å²) in [5.41, 5.74) is 1.77. The zero-order valence-electron chi connectivity index (χ0n) is 17.7. The molecule has 1 aliphatic rings. The molecule has 166 valence electrons. The summed E-state index contributed by atoms with van der Waals surface area (Å²) in [5, 5.41) is 2.90. The minimum atomic E-state index is -3.39. The molecule has 1 atom stereocenters. The second-order valence-corrected chi connectivity index (χ2v) is 9.81. The van der Waals surface area contributed by atoms with Crippen LogP contribution >= 0.6 is 0 Å². The highest BCUT2D eigenvalue weighted by Crippen LogP contribution is 2.23. The lowest BCUT2D eigenvalue weighted by Gasteiger charge is -2.31. The van der Waals surface area contributed by atoms with Crippen molar-refractivity contribution in [1.29, 1.82) is 0 Å². The molecule has 6 nitrogen and oxygen atoms in total. The number of sulfonamides is 1. The zero-order chi connectivity index (χ0) is 22.1. The Labute approximate surface area is 185 Å². The Balaban J connectivity index is 1.54. The Kier molecular flexibility index (Phi) is 8.26. The van der Waals surface area contributed by atoms with Crippen molar-refractivity contribution in [1.82, 2.24) is 4.31 Å². The molecule has 1 heterocycles. The van der Waals surface area contributed by atoms with Gasteiger partial charge in [0.25, 0.3) is 0 Å². The van der Waals surface area contributed by atoms with Gasteiger partial charge in [0.05, 0.1) is 11.7 Å². The molecule has 0 spiro atoms. The number of amides is 1. The summed E-state index contributed by atoms with van der Waals surface area (Å²) >= 11 is 0. The molecule has 0 bridgehead atoms. The van der Waals surface area contributed by atoms with Gasteiger partial charge in [-0.15, -0.1) is 0 Å². The number of carbonyl (C=O) groups is 1. The van der Waals surface area contributed by atoms with Crippen LogP contribution in [-0.2, 0) is 21.2 Å². The van der Waals surface area contributed by atoms with E-state index in [-0.39, 0.29) is 24.1 Å². The van der Waals surface area contributed by atoms with E-state index in [1.54, 1.807) is 24.3 Å². The van der Waals surface area contributed by atoms with Gasteiger partial charge in [-0.2, -0.15) is 0 Å². The average Bonchev–Trinajstić information content (AvgIpc) is 2.78. The summed E-state index contributed by atoms with van der Waals surface area (Å²) in [6, 6.07) is 17.0. The summed E-state index contributed by atoms with van der Waals surface area (Å²) in [6.45, 7) is 4.71. The van der Waals surface area contributed by atoms with Gasteiger partial charge in [-0.3, -0.25) is 4.79 Å². The minimum absolute atomic E-state index is 0.0962. The lowest BCUT2D eigenvalue weighted by molar-refractivity contribution is -0.120. The van der Waals surface area contributed by atoms with E-state index in [2.05, 4.69) is 11.9 Å². The van der Waals surface area contributed by atoms with Crippen LogP contribution in [0.1, 0.15) is 24.8 Å². The fraction of sp³-hybridized carbons (Fsp3) is 0.375. The van der Waals surface area contributed by atoms with Gasteiger partial charge in [0.1, 0.15) is 12.4 Å². The number of aryl methyl sites for hydroxylation is 1. The van der Waals surface area contributed by atoms with Crippen LogP contribution in [0.5, 0.6) is 5.75 Å². The molecule has 0 saturated carbocycles. The quantitative estimate of drug-likeness (QED) is 0.567. The second kappa shape index (κ2) is 11.1. The maximum absolute atomic E-state index is 12.8. The van der Waals surface area contributed by atoms with Crippen molar-refractivity contribution >= 4 is 21.6 Å². The normalized spacial score (nSPS) is 17.1. The van der Waals surface area contributed by atoms with Gasteiger partial charge in [-0.05, 0) is 43.4 Å². The highest BCUT2D eigenvalue weighted by Gasteiger charge is 2.32. The highest BCUT2D eigenvalue weighted by molar-refractivity contribution is 7.89. The van der Waals surface area contributed by atoms with Crippen LogP contribution in [0.3, 0.4) is 0 Å². The van der Waals surface area contributed by atoms with Crippen molar-refractivity contribution in [2.24, 2.45) is 5.92 Å². The second-order valence-electron chi connectivity index (χ2n) is 7.72. The highest BCUT2D eigenvalue weighted by atomic mass is 32.2. The molecule has 2 aromatic rings. The third-order valence-corrected chi connectivity index (χ3v) is 7.25. The van der Waals surface area contributed by atoms with E-state index in [1.165, 1.54) is 4.31 Å². The monoisotopic (exact) mass is 442 g/mol. The van der Waals surface area contributed by atoms with Crippen LogP contribution in [0, 0.1) is 5.92 Å². The van der Waals surface area contributed by atoms with Gasteiger partial charge in [0, 0.05) is 24.8 Å². The molecule has 1 amide bonds. The Morgan fingerprint density at radius 3 is 2.77 bits per heavy atom. The molecule has 7 heteroatoms. The number of benzene rings is 2. The van der Waals surface area contributed by atoms with E-state index >= 15 is 0 Å². The molecule has 0 radical (unpaired) electrons. The van der Waals surface area contributed by atoms with E-state index in [9.17, 15) is 13.2 Å². The molecule has 2 aromatic carbocycles. The van der Waals surface area contributed by atoms with Crippen LogP contribution in [0.15, 0.2) is 67.3 Å². The standard InChI is InChI=1S/C24H30N2O4S/c1-2-16-30-23-14-6-13-22(18-23)25-24(27)21-12-7-15-26(19-21)31(28,29)17-8-11-20-9-4-3-5-10-20/h2-6,9-10,13-14,18,21H,1,7-8,11-12,15-17,19H2,(H,25,27)/t21-/m1/s1. The number of rotatable bonds is 10. The molecule has 0 aliphatic carbocycles. The number of piperidine rings is 1. The van der Waals surface area contributed by atoms with Crippen molar-refractivity contribution in [2.75, 3.05) is 30.8 Å². The van der Waals surface area contributed by atoms with E-state index in [1.807, 2.05) is 36.4 Å². The number of hydrogen-bond acceptors (Lipinski definition) is 4. The third-order valence-electron chi connectivity index (χ3n) is 5.33. The fourth-order valence-electron chi connectivity index (χ4n) is 3.70. The molecule has 1 N–H and O–H groups in total. The van der Waals surface area contributed by atoms with Gasteiger partial charge in [0.15, 0.2) is 0 Å².